The molecular weight excluding hydrogens is 308 g/mol. The highest BCUT2D eigenvalue weighted by molar-refractivity contribution is 6.29. The maximum Gasteiger partial charge on any atom is 0.341 e. The van der Waals surface area contributed by atoms with Gasteiger partial charge in [0.15, 0.2) is 0 Å². The summed E-state index contributed by atoms with van der Waals surface area (Å²) < 4.78 is 15.3. The predicted octanol–water partition coefficient (Wildman–Crippen LogP) is 3.08. The van der Waals surface area contributed by atoms with E-state index in [1.165, 1.54) is 32.7 Å². The molecule has 0 amide bonds. The van der Waals surface area contributed by atoms with E-state index in [1.54, 1.807) is 24.3 Å². The number of para-hydroxylation sites is 1. The molecule has 0 atom stereocenters. The number of benzene rings is 1. The number of aromatic nitrogens is 2. The minimum atomic E-state index is -0.551. The smallest absolute Gasteiger partial charge is 0.341 e. The summed E-state index contributed by atoms with van der Waals surface area (Å²) in [5, 5.41) is 0.253. The normalized spacial score (nSPS) is 11.0. The van der Waals surface area contributed by atoms with Crippen LogP contribution in [0.4, 0.5) is 0 Å². The van der Waals surface area contributed by atoms with E-state index in [-0.39, 0.29) is 16.7 Å². The van der Waals surface area contributed by atoms with Gasteiger partial charge in [-0.2, -0.15) is 4.98 Å². The second-order valence-electron chi connectivity index (χ2n) is 4.02. The lowest BCUT2D eigenvalue weighted by Crippen LogP contribution is -2.06. The summed E-state index contributed by atoms with van der Waals surface area (Å²) in [4.78, 5) is 19.8. The highest BCUT2D eigenvalue weighted by atomic mass is 35.5. The third-order valence-electron chi connectivity index (χ3n) is 2.62. The van der Waals surface area contributed by atoms with Gasteiger partial charge in [0.1, 0.15) is 16.5 Å². The zero-order valence-corrected chi connectivity index (χ0v) is 12.7. The Hall–Kier alpha value is -2.60. The highest BCUT2D eigenvalue weighted by Gasteiger charge is 2.18. The number of hydrogen-bond acceptors (Lipinski definition) is 6. The fraction of sp³-hybridized carbons (Fsp3) is 0.133. The Bertz CT molecular complexity index is 703. The number of esters is 1. The number of ether oxygens (including phenoxy) is 3. The number of methoxy groups -OCH3 is 2. The number of rotatable bonds is 5. The lowest BCUT2D eigenvalue weighted by molar-refractivity contribution is -0.133. The van der Waals surface area contributed by atoms with Gasteiger partial charge in [-0.1, -0.05) is 29.8 Å². The number of halogens is 1. The molecule has 0 aliphatic heterocycles. The molecule has 22 heavy (non-hydrogen) atoms. The molecule has 7 heteroatoms. The van der Waals surface area contributed by atoms with E-state index in [1.807, 2.05) is 0 Å². The van der Waals surface area contributed by atoms with Crippen molar-refractivity contribution >= 4 is 23.1 Å². The van der Waals surface area contributed by atoms with Crippen molar-refractivity contribution in [2.75, 3.05) is 14.2 Å². The second kappa shape index (κ2) is 7.42. The Kier molecular flexibility index (Phi) is 5.32. The number of carbonyl (C=O) groups is 1. The van der Waals surface area contributed by atoms with Crippen LogP contribution in [0.5, 0.6) is 11.8 Å². The maximum atomic E-state index is 11.9. The minimum Gasteiger partial charge on any atom is -0.503 e. The summed E-state index contributed by atoms with van der Waals surface area (Å²) in [6, 6.07) is 8.48. The second-order valence-corrected chi connectivity index (χ2v) is 4.41. The van der Waals surface area contributed by atoms with Gasteiger partial charge in [0.25, 0.3) is 0 Å². The topological polar surface area (TPSA) is 70.5 Å². The maximum absolute atomic E-state index is 11.9. The quantitative estimate of drug-likeness (QED) is 0.365. The van der Waals surface area contributed by atoms with Gasteiger partial charge in [0, 0.05) is 11.8 Å². The largest absolute Gasteiger partial charge is 0.503 e. The third-order valence-corrected chi connectivity index (χ3v) is 2.83. The van der Waals surface area contributed by atoms with Crippen molar-refractivity contribution in [1.29, 1.82) is 0 Å². The van der Waals surface area contributed by atoms with Crippen molar-refractivity contribution in [2.45, 2.75) is 0 Å². The fourth-order valence-electron chi connectivity index (χ4n) is 1.70. The average molecular weight is 321 g/mol. The summed E-state index contributed by atoms with van der Waals surface area (Å²) >= 11 is 5.80. The van der Waals surface area contributed by atoms with Gasteiger partial charge in [-0.05, 0) is 12.1 Å². The molecule has 0 fully saturated rings. The first-order valence-electron chi connectivity index (χ1n) is 6.22. The summed E-state index contributed by atoms with van der Waals surface area (Å²) in [5.41, 5.74) is 0.697. The van der Waals surface area contributed by atoms with Crippen LogP contribution in [-0.4, -0.2) is 30.2 Å². The Morgan fingerprint density at radius 2 is 2.00 bits per heavy atom. The molecule has 1 aromatic carbocycles. The van der Waals surface area contributed by atoms with E-state index in [0.29, 0.717) is 11.3 Å². The van der Waals surface area contributed by atoms with Crippen molar-refractivity contribution in [1.82, 2.24) is 9.97 Å². The average Bonchev–Trinajstić information content (AvgIpc) is 2.53. The van der Waals surface area contributed by atoms with Crippen LogP contribution in [0.3, 0.4) is 0 Å². The van der Waals surface area contributed by atoms with Gasteiger partial charge in [0.05, 0.1) is 20.5 Å². The van der Waals surface area contributed by atoms with E-state index in [2.05, 4.69) is 9.97 Å². The van der Waals surface area contributed by atoms with E-state index >= 15 is 0 Å². The van der Waals surface area contributed by atoms with E-state index < -0.39 is 5.97 Å². The van der Waals surface area contributed by atoms with Crippen LogP contribution in [0.1, 0.15) is 5.56 Å². The SMILES string of the molecule is COC=C(C(=O)OC)c1ccccc1Oc1nccc(Cl)n1. The molecule has 114 valence electrons. The monoisotopic (exact) mass is 320 g/mol. The molecule has 0 radical (unpaired) electrons. The van der Waals surface area contributed by atoms with Gasteiger partial charge < -0.3 is 14.2 Å². The Labute approximate surface area is 132 Å². The Morgan fingerprint density at radius 3 is 2.68 bits per heavy atom. The van der Waals surface area contributed by atoms with E-state index in [9.17, 15) is 4.79 Å². The van der Waals surface area contributed by atoms with Crippen LogP contribution in [-0.2, 0) is 14.3 Å². The standard InChI is InChI=1S/C15H13ClN2O4/c1-20-9-11(14(19)21-2)10-5-3-4-6-12(10)22-15-17-8-7-13(16)18-15/h3-9H,1-2H3. The van der Waals surface area contributed by atoms with E-state index in [0.717, 1.165) is 0 Å². The van der Waals surface area contributed by atoms with Gasteiger partial charge in [-0.25, -0.2) is 9.78 Å². The third kappa shape index (κ3) is 3.73. The first-order valence-corrected chi connectivity index (χ1v) is 6.60. The lowest BCUT2D eigenvalue weighted by Gasteiger charge is -2.11. The van der Waals surface area contributed by atoms with Crippen molar-refractivity contribution < 1.29 is 19.0 Å². The molecule has 0 saturated heterocycles. The summed E-state index contributed by atoms with van der Waals surface area (Å²) in [7, 11) is 2.72. The van der Waals surface area contributed by atoms with Crippen LogP contribution in [0, 0.1) is 0 Å². The molecule has 6 nitrogen and oxygen atoms in total. The van der Waals surface area contributed by atoms with Crippen molar-refractivity contribution in [3.8, 4) is 11.8 Å². The van der Waals surface area contributed by atoms with E-state index in [4.69, 9.17) is 25.8 Å². The molecule has 0 saturated carbocycles. The molecular formula is C15H13ClN2O4. The number of nitrogens with zero attached hydrogens (tertiary/aromatic N) is 2. The minimum absolute atomic E-state index is 0.0709. The molecule has 2 aromatic rings. The van der Waals surface area contributed by atoms with Crippen LogP contribution in [0.15, 0.2) is 42.8 Å². The molecule has 1 aromatic heterocycles. The molecule has 0 N–H and O–H groups in total. The van der Waals surface area contributed by atoms with Crippen molar-refractivity contribution in [3.63, 3.8) is 0 Å². The molecule has 0 aliphatic rings. The van der Waals surface area contributed by atoms with Gasteiger partial charge in [0.2, 0.25) is 0 Å². The molecule has 0 spiro atoms. The molecule has 2 rings (SSSR count). The molecule has 0 aliphatic carbocycles. The van der Waals surface area contributed by atoms with Crippen LogP contribution in [0.25, 0.3) is 5.57 Å². The lowest BCUT2D eigenvalue weighted by atomic mass is 10.1. The number of hydrogen-bond donors (Lipinski definition) is 0. The number of carbonyl (C=O) groups excluding carboxylic acids is 1. The Balaban J connectivity index is 2.41. The zero-order valence-electron chi connectivity index (χ0n) is 11.9. The van der Waals surface area contributed by atoms with Crippen LogP contribution < -0.4 is 4.74 Å². The first-order chi connectivity index (χ1) is 10.7. The summed E-state index contributed by atoms with van der Waals surface area (Å²) in [6.45, 7) is 0. The van der Waals surface area contributed by atoms with Gasteiger partial charge in [-0.15, -0.1) is 0 Å². The van der Waals surface area contributed by atoms with Crippen LogP contribution in [0.2, 0.25) is 5.15 Å². The van der Waals surface area contributed by atoms with Crippen molar-refractivity contribution in [2.24, 2.45) is 0 Å². The highest BCUT2D eigenvalue weighted by Crippen LogP contribution is 2.29. The fourth-order valence-corrected chi connectivity index (χ4v) is 1.82. The molecule has 0 bridgehead atoms. The molecule has 1 heterocycles. The summed E-state index contributed by atoms with van der Waals surface area (Å²) in [6.07, 6.45) is 2.76. The summed E-state index contributed by atoms with van der Waals surface area (Å²) in [5.74, 6) is -0.177. The van der Waals surface area contributed by atoms with Gasteiger partial charge in [-0.3, -0.25) is 0 Å². The van der Waals surface area contributed by atoms with Gasteiger partial charge >= 0.3 is 12.0 Å². The molecule has 0 unspecified atom stereocenters. The predicted molar refractivity (Wildman–Crippen MR) is 80.6 cm³/mol. The Morgan fingerprint density at radius 1 is 1.23 bits per heavy atom. The van der Waals surface area contributed by atoms with Crippen molar-refractivity contribution in [3.05, 3.63) is 53.5 Å². The zero-order chi connectivity index (χ0) is 15.9. The van der Waals surface area contributed by atoms with Crippen LogP contribution >= 0.6 is 11.6 Å². The first kappa shape index (κ1) is 15.8.